The summed E-state index contributed by atoms with van der Waals surface area (Å²) >= 11 is -1.09. The number of nitrogens with zero attached hydrogens (tertiary/aromatic N) is 1. The number of piperidine rings is 1. The smallest absolute Gasteiger partial charge is 0.220 e. The Bertz CT molecular complexity index is 428. The summed E-state index contributed by atoms with van der Waals surface area (Å²) in [5, 5.41) is 5.79. The van der Waals surface area contributed by atoms with Crippen LogP contribution in [0.5, 0.6) is 0 Å². The molecule has 1 fully saturated rings. The Morgan fingerprint density at radius 2 is 1.71 bits per heavy atom. The van der Waals surface area contributed by atoms with Gasteiger partial charge in [-0.3, -0.25) is 0 Å². The highest BCUT2D eigenvalue weighted by Crippen LogP contribution is 2.45. The van der Waals surface area contributed by atoms with Crippen molar-refractivity contribution in [2.75, 3.05) is 18.8 Å². The SMILES string of the molecule is O=S(=O)(CCC(F)(F)C(F)(F)SOOO)N1CCCCC1. The first-order valence-electron chi connectivity index (χ1n) is 6.02. The van der Waals surface area contributed by atoms with Gasteiger partial charge in [0.15, 0.2) is 0 Å². The molecule has 0 bridgehead atoms. The minimum absolute atomic E-state index is 0.209. The fraction of sp³-hybridized carbons (Fsp3) is 1.00. The van der Waals surface area contributed by atoms with Gasteiger partial charge in [-0.05, 0) is 12.8 Å². The summed E-state index contributed by atoms with van der Waals surface area (Å²) in [5.74, 6) is -5.74. The molecule has 21 heavy (non-hydrogen) atoms. The fourth-order valence-electron chi connectivity index (χ4n) is 1.79. The number of halogens is 4. The second kappa shape index (κ2) is 7.42. The molecular formula is C9H15F4NO5S2. The molecule has 0 aliphatic carbocycles. The van der Waals surface area contributed by atoms with E-state index in [1.165, 1.54) is 0 Å². The summed E-state index contributed by atoms with van der Waals surface area (Å²) < 4.78 is 80.9. The first-order chi connectivity index (χ1) is 9.62. The van der Waals surface area contributed by atoms with Crippen LogP contribution in [0.4, 0.5) is 17.6 Å². The number of alkyl halides is 4. The predicted octanol–water partition coefficient (Wildman–Crippen LogP) is 2.49. The van der Waals surface area contributed by atoms with Gasteiger partial charge in [-0.15, -0.1) is 4.33 Å². The third kappa shape index (κ3) is 5.21. The minimum atomic E-state index is -4.74. The molecule has 6 nitrogen and oxygen atoms in total. The maximum atomic E-state index is 13.4. The van der Waals surface area contributed by atoms with Crippen LogP contribution in [0.1, 0.15) is 25.7 Å². The summed E-state index contributed by atoms with van der Waals surface area (Å²) in [5.41, 5.74) is 0. The minimum Gasteiger partial charge on any atom is -0.220 e. The molecule has 12 heteroatoms. The van der Waals surface area contributed by atoms with Gasteiger partial charge in [0.1, 0.15) is 12.0 Å². The highest BCUT2D eigenvalue weighted by molar-refractivity contribution is 7.95. The Hall–Kier alpha value is -0.140. The van der Waals surface area contributed by atoms with Crippen LogP contribution in [0.2, 0.25) is 0 Å². The van der Waals surface area contributed by atoms with E-state index in [2.05, 4.69) is 9.37 Å². The van der Waals surface area contributed by atoms with Crippen molar-refractivity contribution < 1.29 is 40.6 Å². The van der Waals surface area contributed by atoms with Gasteiger partial charge in [-0.25, -0.2) is 18.0 Å². The van der Waals surface area contributed by atoms with Gasteiger partial charge in [0.25, 0.3) is 0 Å². The Labute approximate surface area is 123 Å². The van der Waals surface area contributed by atoms with Gasteiger partial charge in [0, 0.05) is 19.5 Å². The lowest BCUT2D eigenvalue weighted by Crippen LogP contribution is -2.42. The standard InChI is InChI=1S/C9H15F4NO5S2/c10-8(11,9(12,13)20-19-18-15)4-7-21(16,17)14-5-2-1-3-6-14/h15H,1-7H2. The molecule has 0 radical (unpaired) electrons. The van der Waals surface area contributed by atoms with Crippen molar-refractivity contribution in [2.24, 2.45) is 0 Å². The topological polar surface area (TPSA) is 76.1 Å². The molecule has 1 aliphatic rings. The highest BCUT2D eigenvalue weighted by Gasteiger charge is 2.58. The van der Waals surface area contributed by atoms with Crippen molar-refractivity contribution in [2.45, 2.75) is 36.9 Å². The zero-order valence-corrected chi connectivity index (χ0v) is 12.4. The van der Waals surface area contributed by atoms with E-state index in [4.69, 9.17) is 5.26 Å². The average molecular weight is 357 g/mol. The molecule has 1 saturated heterocycles. The van der Waals surface area contributed by atoms with Crippen molar-refractivity contribution in [1.29, 1.82) is 0 Å². The molecule has 1 heterocycles. The molecule has 1 aliphatic heterocycles. The molecule has 0 saturated carbocycles. The van der Waals surface area contributed by atoms with E-state index in [1.54, 1.807) is 0 Å². The molecule has 0 atom stereocenters. The predicted molar refractivity (Wildman–Crippen MR) is 66.1 cm³/mol. The highest BCUT2D eigenvalue weighted by atomic mass is 32.2. The lowest BCUT2D eigenvalue weighted by molar-refractivity contribution is -0.434. The summed E-state index contributed by atoms with van der Waals surface area (Å²) in [6, 6.07) is 0. The number of hydrogen-bond donors (Lipinski definition) is 1. The zero-order chi connectivity index (χ0) is 16.1. The Morgan fingerprint density at radius 3 is 2.24 bits per heavy atom. The summed E-state index contributed by atoms with van der Waals surface area (Å²) in [6.07, 6.45) is 0.503. The monoisotopic (exact) mass is 357 g/mol. The van der Waals surface area contributed by atoms with Crippen molar-refractivity contribution in [1.82, 2.24) is 4.31 Å². The maximum Gasteiger partial charge on any atom is 0.382 e. The van der Waals surface area contributed by atoms with Gasteiger partial charge in [-0.2, -0.15) is 17.6 Å². The van der Waals surface area contributed by atoms with Gasteiger partial charge < -0.3 is 0 Å². The fourth-order valence-corrected chi connectivity index (χ4v) is 3.72. The summed E-state index contributed by atoms with van der Waals surface area (Å²) in [4.78, 5) is 0. The van der Waals surface area contributed by atoms with Crippen LogP contribution >= 0.6 is 12.0 Å². The maximum absolute atomic E-state index is 13.4. The number of hydrogen-bond acceptors (Lipinski definition) is 6. The molecule has 0 unspecified atom stereocenters. The van der Waals surface area contributed by atoms with Crippen LogP contribution in [-0.2, 0) is 19.4 Å². The Kier molecular flexibility index (Phi) is 6.68. The largest absolute Gasteiger partial charge is 0.382 e. The van der Waals surface area contributed by atoms with E-state index in [0.717, 1.165) is 10.7 Å². The van der Waals surface area contributed by atoms with Gasteiger partial charge in [0.05, 0.1) is 5.75 Å². The summed E-state index contributed by atoms with van der Waals surface area (Å²) in [6.45, 7) is 0.418. The molecule has 0 aromatic carbocycles. The van der Waals surface area contributed by atoms with Crippen molar-refractivity contribution >= 4 is 22.1 Å². The third-order valence-electron chi connectivity index (χ3n) is 2.98. The molecule has 0 aromatic heterocycles. The molecule has 126 valence electrons. The first-order valence-corrected chi connectivity index (χ1v) is 8.37. The van der Waals surface area contributed by atoms with Gasteiger partial charge >= 0.3 is 11.2 Å². The van der Waals surface area contributed by atoms with Crippen LogP contribution in [0, 0.1) is 0 Å². The molecule has 1 N–H and O–H groups in total. The lowest BCUT2D eigenvalue weighted by atomic mass is 10.2. The second-order valence-corrected chi connectivity index (χ2v) is 7.38. The van der Waals surface area contributed by atoms with E-state index in [-0.39, 0.29) is 13.1 Å². The quantitative estimate of drug-likeness (QED) is 0.311. The Morgan fingerprint density at radius 1 is 1.14 bits per heavy atom. The lowest BCUT2D eigenvalue weighted by Gasteiger charge is -2.28. The third-order valence-corrected chi connectivity index (χ3v) is 5.49. The molecule has 1 rings (SSSR count). The van der Waals surface area contributed by atoms with Crippen LogP contribution < -0.4 is 0 Å². The first kappa shape index (κ1) is 18.9. The summed E-state index contributed by atoms with van der Waals surface area (Å²) in [7, 11) is -4.01. The van der Waals surface area contributed by atoms with Crippen molar-refractivity contribution in [3.8, 4) is 0 Å². The Balaban J connectivity index is 2.62. The van der Waals surface area contributed by atoms with Crippen molar-refractivity contribution in [3.63, 3.8) is 0 Å². The molecule has 0 aromatic rings. The molecular weight excluding hydrogens is 342 g/mol. The average Bonchev–Trinajstić information content (AvgIpc) is 2.44. The van der Waals surface area contributed by atoms with E-state index in [9.17, 15) is 26.0 Å². The van der Waals surface area contributed by atoms with E-state index < -0.39 is 45.4 Å². The molecule has 0 amide bonds. The van der Waals surface area contributed by atoms with E-state index in [1.807, 2.05) is 0 Å². The normalized spacial score (nSPS) is 18.9. The second-order valence-electron chi connectivity index (χ2n) is 4.47. The zero-order valence-electron chi connectivity index (χ0n) is 10.8. The number of sulfonamides is 1. The number of rotatable bonds is 8. The van der Waals surface area contributed by atoms with Crippen LogP contribution in [0.25, 0.3) is 0 Å². The van der Waals surface area contributed by atoms with E-state index in [0.29, 0.717) is 12.8 Å². The van der Waals surface area contributed by atoms with Gasteiger partial charge in [0.2, 0.25) is 10.0 Å². The molecule has 0 spiro atoms. The van der Waals surface area contributed by atoms with Gasteiger partial charge in [-0.1, -0.05) is 11.5 Å². The van der Waals surface area contributed by atoms with Crippen molar-refractivity contribution in [3.05, 3.63) is 0 Å². The van der Waals surface area contributed by atoms with E-state index >= 15 is 0 Å². The van der Waals surface area contributed by atoms with Crippen LogP contribution in [0.3, 0.4) is 0 Å². The van der Waals surface area contributed by atoms with Crippen LogP contribution in [0.15, 0.2) is 0 Å². The van der Waals surface area contributed by atoms with Crippen LogP contribution in [-0.4, -0.2) is 48.0 Å².